The Hall–Kier alpha value is -1.17. The topological polar surface area (TPSA) is 31.4 Å². The van der Waals surface area contributed by atoms with Gasteiger partial charge < -0.3 is 9.31 Å². The smallest absolute Gasteiger partial charge is 0.399 e. The first kappa shape index (κ1) is 15.7. The van der Waals surface area contributed by atoms with Gasteiger partial charge in [-0.2, -0.15) is 0 Å². The van der Waals surface area contributed by atoms with Gasteiger partial charge in [0.15, 0.2) is 0 Å². The third-order valence-electron chi connectivity index (χ3n) is 4.41. The van der Waals surface area contributed by atoms with Crippen LogP contribution in [0.2, 0.25) is 0 Å². The number of hydrogen-bond acceptors (Lipinski definition) is 3. The number of rotatable bonds is 2. The van der Waals surface area contributed by atoms with Gasteiger partial charge >= 0.3 is 7.12 Å². The van der Waals surface area contributed by atoms with Crippen molar-refractivity contribution >= 4 is 28.5 Å². The van der Waals surface area contributed by atoms with E-state index in [2.05, 4.69) is 48.6 Å². The predicted molar refractivity (Wildman–Crippen MR) is 93.1 cm³/mol. The Morgan fingerprint density at radius 3 is 2.14 bits per heavy atom. The van der Waals surface area contributed by atoms with Crippen molar-refractivity contribution in [1.82, 2.24) is 4.98 Å². The summed E-state index contributed by atoms with van der Waals surface area (Å²) in [5.74, 6) is 0. The van der Waals surface area contributed by atoms with Crippen LogP contribution in [0.1, 0.15) is 27.7 Å². The van der Waals surface area contributed by atoms with Crippen LogP contribution in [0.4, 0.5) is 0 Å². The average molecular weight is 360 g/mol. The molecule has 0 bridgehead atoms. The van der Waals surface area contributed by atoms with Gasteiger partial charge in [0.1, 0.15) is 4.60 Å². The molecule has 1 saturated heterocycles. The minimum atomic E-state index is -0.383. The lowest BCUT2D eigenvalue weighted by Crippen LogP contribution is -2.41. The van der Waals surface area contributed by atoms with E-state index in [4.69, 9.17) is 9.31 Å². The maximum atomic E-state index is 6.13. The molecule has 1 aromatic heterocycles. The highest BCUT2D eigenvalue weighted by molar-refractivity contribution is 9.10. The van der Waals surface area contributed by atoms with Crippen molar-refractivity contribution in [3.05, 3.63) is 47.1 Å². The van der Waals surface area contributed by atoms with E-state index in [0.29, 0.717) is 0 Å². The summed E-state index contributed by atoms with van der Waals surface area (Å²) < 4.78 is 13.0. The van der Waals surface area contributed by atoms with E-state index in [1.165, 1.54) is 0 Å². The third-order valence-corrected chi connectivity index (χ3v) is 4.82. The van der Waals surface area contributed by atoms with Gasteiger partial charge in [0, 0.05) is 5.56 Å². The van der Waals surface area contributed by atoms with Crippen LogP contribution in [0.3, 0.4) is 0 Å². The largest absolute Gasteiger partial charge is 0.495 e. The molecule has 0 unspecified atom stereocenters. The summed E-state index contributed by atoms with van der Waals surface area (Å²) >= 11 is 3.49. The molecule has 0 saturated carbocycles. The van der Waals surface area contributed by atoms with E-state index in [1.807, 2.05) is 42.5 Å². The maximum absolute atomic E-state index is 6.13. The highest BCUT2D eigenvalue weighted by atomic mass is 79.9. The molecule has 1 fully saturated rings. The van der Waals surface area contributed by atoms with Crippen LogP contribution in [0.25, 0.3) is 11.3 Å². The van der Waals surface area contributed by atoms with Crippen molar-refractivity contribution in [2.45, 2.75) is 38.9 Å². The highest BCUT2D eigenvalue weighted by Gasteiger charge is 2.51. The summed E-state index contributed by atoms with van der Waals surface area (Å²) in [7, 11) is -0.383. The van der Waals surface area contributed by atoms with Gasteiger partial charge in [-0.1, -0.05) is 30.3 Å². The van der Waals surface area contributed by atoms with Gasteiger partial charge in [-0.3, -0.25) is 0 Å². The number of nitrogens with zero attached hydrogens (tertiary/aromatic N) is 1. The number of aromatic nitrogens is 1. The van der Waals surface area contributed by atoms with E-state index in [1.54, 1.807) is 0 Å². The van der Waals surface area contributed by atoms with Gasteiger partial charge in [-0.25, -0.2) is 4.98 Å². The van der Waals surface area contributed by atoms with Crippen molar-refractivity contribution in [3.8, 4) is 11.3 Å². The van der Waals surface area contributed by atoms with Gasteiger partial charge in [0.25, 0.3) is 0 Å². The minimum Gasteiger partial charge on any atom is -0.399 e. The quantitative estimate of drug-likeness (QED) is 0.603. The van der Waals surface area contributed by atoms with E-state index in [0.717, 1.165) is 21.3 Å². The first-order valence-corrected chi connectivity index (χ1v) is 8.16. The normalized spacial score (nSPS) is 19.4. The fourth-order valence-electron chi connectivity index (χ4n) is 2.39. The van der Waals surface area contributed by atoms with Crippen molar-refractivity contribution in [3.63, 3.8) is 0 Å². The lowest BCUT2D eigenvalue weighted by molar-refractivity contribution is 0.00578. The zero-order chi connectivity index (χ0) is 16.0. The lowest BCUT2D eigenvalue weighted by Gasteiger charge is -2.32. The molecule has 2 heterocycles. The summed E-state index contributed by atoms with van der Waals surface area (Å²) in [6, 6.07) is 14.1. The Labute approximate surface area is 140 Å². The van der Waals surface area contributed by atoms with E-state index in [9.17, 15) is 0 Å². The molecule has 1 aliphatic heterocycles. The second-order valence-electron chi connectivity index (χ2n) is 6.56. The van der Waals surface area contributed by atoms with Crippen LogP contribution in [0.15, 0.2) is 47.1 Å². The summed E-state index contributed by atoms with van der Waals surface area (Å²) in [6.45, 7) is 8.23. The summed E-state index contributed by atoms with van der Waals surface area (Å²) in [5, 5.41) is 0. The fraction of sp³-hybridized carbons (Fsp3) is 0.353. The van der Waals surface area contributed by atoms with Crippen molar-refractivity contribution in [2.75, 3.05) is 0 Å². The average Bonchev–Trinajstić information content (AvgIpc) is 2.68. The van der Waals surface area contributed by atoms with Crippen LogP contribution >= 0.6 is 15.9 Å². The van der Waals surface area contributed by atoms with E-state index in [-0.39, 0.29) is 18.3 Å². The molecule has 3 nitrogen and oxygen atoms in total. The molecule has 0 spiro atoms. The highest BCUT2D eigenvalue weighted by Crippen LogP contribution is 2.36. The molecule has 0 radical (unpaired) electrons. The summed E-state index contributed by atoms with van der Waals surface area (Å²) in [5.41, 5.74) is 2.25. The lowest BCUT2D eigenvalue weighted by atomic mass is 9.79. The van der Waals surface area contributed by atoms with Gasteiger partial charge in [0.2, 0.25) is 0 Å². The molecule has 0 aliphatic carbocycles. The molecule has 22 heavy (non-hydrogen) atoms. The molecule has 0 N–H and O–H groups in total. The van der Waals surface area contributed by atoms with Gasteiger partial charge in [0.05, 0.1) is 16.9 Å². The van der Waals surface area contributed by atoms with Crippen LogP contribution in [-0.4, -0.2) is 23.3 Å². The Balaban J connectivity index is 1.98. The Morgan fingerprint density at radius 1 is 0.955 bits per heavy atom. The van der Waals surface area contributed by atoms with E-state index >= 15 is 0 Å². The molecule has 0 atom stereocenters. The van der Waals surface area contributed by atoms with Crippen LogP contribution in [0, 0.1) is 0 Å². The SMILES string of the molecule is CC1(C)OB(c2cc(Br)nc(-c3ccccc3)c2)OC1(C)C. The van der Waals surface area contributed by atoms with Gasteiger partial charge in [-0.05, 0) is 61.2 Å². The molecule has 114 valence electrons. The van der Waals surface area contributed by atoms with Crippen LogP contribution < -0.4 is 5.46 Å². The second kappa shape index (κ2) is 5.48. The van der Waals surface area contributed by atoms with Crippen LogP contribution in [-0.2, 0) is 9.31 Å². The second-order valence-corrected chi connectivity index (χ2v) is 7.38. The Bertz CT molecular complexity index is 672. The first-order valence-electron chi connectivity index (χ1n) is 7.37. The third kappa shape index (κ3) is 2.85. The predicted octanol–water partition coefficient (Wildman–Crippen LogP) is 3.81. The molecular weight excluding hydrogens is 341 g/mol. The standard InChI is InChI=1S/C17H19BBrNO2/c1-16(2)17(3,4)22-18(21-16)13-10-14(20-15(19)11-13)12-8-6-5-7-9-12/h5-11H,1-4H3. The fourth-order valence-corrected chi connectivity index (χ4v) is 2.84. The molecular formula is C17H19BBrNO2. The van der Waals surface area contributed by atoms with Crippen molar-refractivity contribution in [2.24, 2.45) is 0 Å². The maximum Gasteiger partial charge on any atom is 0.495 e. The summed E-state index contributed by atoms with van der Waals surface area (Å²) in [6.07, 6.45) is 0. The minimum absolute atomic E-state index is 0.347. The Morgan fingerprint density at radius 2 is 1.55 bits per heavy atom. The number of hydrogen-bond donors (Lipinski definition) is 0. The van der Waals surface area contributed by atoms with E-state index < -0.39 is 0 Å². The zero-order valence-electron chi connectivity index (χ0n) is 13.3. The number of benzene rings is 1. The molecule has 1 aromatic carbocycles. The van der Waals surface area contributed by atoms with Crippen molar-refractivity contribution < 1.29 is 9.31 Å². The number of pyridine rings is 1. The molecule has 2 aromatic rings. The molecule has 0 amide bonds. The summed E-state index contributed by atoms with van der Waals surface area (Å²) in [4.78, 5) is 4.55. The number of halogens is 1. The molecule has 5 heteroatoms. The first-order chi connectivity index (χ1) is 10.3. The Kier molecular flexibility index (Phi) is 3.92. The monoisotopic (exact) mass is 359 g/mol. The molecule has 1 aliphatic rings. The zero-order valence-corrected chi connectivity index (χ0v) is 14.8. The van der Waals surface area contributed by atoms with Crippen molar-refractivity contribution in [1.29, 1.82) is 0 Å². The molecule has 3 rings (SSSR count). The van der Waals surface area contributed by atoms with Crippen LogP contribution in [0.5, 0.6) is 0 Å². The van der Waals surface area contributed by atoms with Gasteiger partial charge in [-0.15, -0.1) is 0 Å².